The van der Waals surface area contributed by atoms with E-state index in [0.29, 0.717) is 22.2 Å². The van der Waals surface area contributed by atoms with Gasteiger partial charge in [-0.15, -0.1) is 11.3 Å². The molecule has 3 nitrogen and oxygen atoms in total. The normalized spacial score (nSPS) is 12.5. The van der Waals surface area contributed by atoms with Crippen LogP contribution in [0.25, 0.3) is 10.4 Å². The van der Waals surface area contributed by atoms with Crippen LogP contribution < -0.4 is 10.1 Å². The fourth-order valence-corrected chi connectivity index (χ4v) is 4.07. The number of carbonyl (C=O) groups excluding carboxylic acids is 1. The summed E-state index contributed by atoms with van der Waals surface area (Å²) in [5, 5.41) is 3.41. The highest BCUT2D eigenvalue weighted by Crippen LogP contribution is 2.40. The summed E-state index contributed by atoms with van der Waals surface area (Å²) in [5.41, 5.74) is 2.82. The quantitative estimate of drug-likeness (QED) is 0.681. The number of benzene rings is 2. The Morgan fingerprint density at radius 3 is 2.79 bits per heavy atom. The van der Waals surface area contributed by atoms with Crippen molar-refractivity contribution in [2.75, 3.05) is 11.9 Å². The number of anilines is 1. The molecule has 1 N–H and O–H groups in total. The van der Waals surface area contributed by atoms with Crippen molar-refractivity contribution in [3.63, 3.8) is 0 Å². The summed E-state index contributed by atoms with van der Waals surface area (Å²) in [7, 11) is 0. The lowest BCUT2D eigenvalue weighted by atomic mass is 10.1. The minimum atomic E-state index is -0.139. The van der Waals surface area contributed by atoms with Crippen LogP contribution in [0.2, 0.25) is 5.02 Å². The van der Waals surface area contributed by atoms with Crippen LogP contribution in [0.5, 0.6) is 5.75 Å². The van der Waals surface area contributed by atoms with Crippen molar-refractivity contribution in [3.8, 4) is 16.2 Å². The number of fused-ring (bicyclic) bond motifs is 3. The molecular weight excluding hydrogens is 342 g/mol. The van der Waals surface area contributed by atoms with Crippen molar-refractivity contribution < 1.29 is 9.53 Å². The van der Waals surface area contributed by atoms with E-state index in [4.69, 9.17) is 16.3 Å². The molecule has 0 bridgehead atoms. The number of nitrogens with one attached hydrogen (secondary N) is 1. The Balaban J connectivity index is 1.68. The molecule has 0 fully saturated rings. The summed E-state index contributed by atoms with van der Waals surface area (Å²) < 4.78 is 5.79. The van der Waals surface area contributed by atoms with Crippen LogP contribution in [-0.2, 0) is 6.42 Å². The van der Waals surface area contributed by atoms with Gasteiger partial charge in [-0.3, -0.25) is 4.79 Å². The fourth-order valence-electron chi connectivity index (χ4n) is 2.75. The zero-order valence-corrected chi connectivity index (χ0v) is 14.3. The number of para-hydroxylation sites is 2. The van der Waals surface area contributed by atoms with E-state index in [1.807, 2.05) is 42.5 Å². The predicted octanol–water partition coefficient (Wildman–Crippen LogP) is 5.26. The third-order valence-corrected chi connectivity index (χ3v) is 5.45. The van der Waals surface area contributed by atoms with E-state index in [-0.39, 0.29) is 5.91 Å². The van der Waals surface area contributed by atoms with Gasteiger partial charge in [-0.1, -0.05) is 35.9 Å². The first-order valence-electron chi connectivity index (χ1n) is 7.63. The molecule has 0 radical (unpaired) electrons. The van der Waals surface area contributed by atoms with E-state index in [0.717, 1.165) is 28.2 Å². The van der Waals surface area contributed by atoms with Crippen molar-refractivity contribution in [2.45, 2.75) is 6.42 Å². The Kier molecular flexibility index (Phi) is 4.00. The minimum absolute atomic E-state index is 0.139. The van der Waals surface area contributed by atoms with Gasteiger partial charge in [0.25, 0.3) is 5.91 Å². The highest BCUT2D eigenvalue weighted by Gasteiger charge is 2.21. The summed E-state index contributed by atoms with van der Waals surface area (Å²) in [5.74, 6) is 0.732. The molecule has 0 spiro atoms. The Morgan fingerprint density at radius 2 is 1.92 bits per heavy atom. The molecule has 0 saturated heterocycles. The Bertz CT molecular complexity index is 919. The Labute approximate surface area is 148 Å². The highest BCUT2D eigenvalue weighted by molar-refractivity contribution is 7.17. The molecule has 0 saturated carbocycles. The maximum absolute atomic E-state index is 12.6. The zero-order chi connectivity index (χ0) is 16.5. The molecule has 5 heteroatoms. The number of amides is 1. The third-order valence-electron chi connectivity index (χ3n) is 3.92. The van der Waals surface area contributed by atoms with Gasteiger partial charge < -0.3 is 10.1 Å². The second kappa shape index (κ2) is 6.30. The summed E-state index contributed by atoms with van der Waals surface area (Å²) in [6.45, 7) is 0.617. The third kappa shape index (κ3) is 2.79. The molecule has 1 amide bonds. The van der Waals surface area contributed by atoms with Crippen LogP contribution in [0.15, 0.2) is 54.6 Å². The average Bonchev–Trinajstić information content (AvgIpc) is 2.94. The minimum Gasteiger partial charge on any atom is -0.493 e. The summed E-state index contributed by atoms with van der Waals surface area (Å²) in [6, 6.07) is 17.1. The molecule has 120 valence electrons. The molecule has 3 aromatic rings. The van der Waals surface area contributed by atoms with Gasteiger partial charge in [0.2, 0.25) is 0 Å². The van der Waals surface area contributed by atoms with E-state index in [1.165, 1.54) is 11.3 Å². The smallest absolute Gasteiger partial charge is 0.265 e. The molecule has 4 rings (SSSR count). The zero-order valence-electron chi connectivity index (χ0n) is 12.7. The predicted molar refractivity (Wildman–Crippen MR) is 98.4 cm³/mol. The van der Waals surface area contributed by atoms with Gasteiger partial charge in [0, 0.05) is 16.9 Å². The molecule has 2 heterocycles. The van der Waals surface area contributed by atoms with Crippen molar-refractivity contribution in [1.82, 2.24) is 0 Å². The molecule has 0 atom stereocenters. The second-order valence-corrected chi connectivity index (χ2v) is 6.95. The molecule has 24 heavy (non-hydrogen) atoms. The van der Waals surface area contributed by atoms with Crippen LogP contribution in [0.3, 0.4) is 0 Å². The molecule has 0 unspecified atom stereocenters. The van der Waals surface area contributed by atoms with Crippen LogP contribution in [0, 0.1) is 0 Å². The average molecular weight is 356 g/mol. The molecule has 1 aliphatic heterocycles. The van der Waals surface area contributed by atoms with Gasteiger partial charge >= 0.3 is 0 Å². The topological polar surface area (TPSA) is 38.3 Å². The number of halogens is 1. The fraction of sp³-hybridized carbons (Fsp3) is 0.105. The van der Waals surface area contributed by atoms with Crippen LogP contribution in [0.4, 0.5) is 5.69 Å². The van der Waals surface area contributed by atoms with E-state index < -0.39 is 0 Å². The van der Waals surface area contributed by atoms with Gasteiger partial charge in [-0.2, -0.15) is 0 Å². The lowest BCUT2D eigenvalue weighted by molar-refractivity contribution is 0.103. The number of carbonyl (C=O) groups is 1. The van der Waals surface area contributed by atoms with Gasteiger partial charge in [0.05, 0.1) is 22.2 Å². The molecule has 1 aliphatic rings. The molecule has 1 aromatic heterocycles. The van der Waals surface area contributed by atoms with Crippen molar-refractivity contribution >= 4 is 34.5 Å². The monoisotopic (exact) mass is 355 g/mol. The maximum Gasteiger partial charge on any atom is 0.265 e. The Morgan fingerprint density at radius 1 is 1.12 bits per heavy atom. The van der Waals surface area contributed by atoms with Crippen LogP contribution in [-0.4, -0.2) is 12.5 Å². The molecule has 2 aromatic carbocycles. The highest BCUT2D eigenvalue weighted by atomic mass is 35.5. The van der Waals surface area contributed by atoms with Gasteiger partial charge in [-0.05, 0) is 35.9 Å². The molecule has 0 aliphatic carbocycles. The van der Waals surface area contributed by atoms with Crippen molar-refractivity contribution in [3.05, 3.63) is 70.1 Å². The summed E-state index contributed by atoms with van der Waals surface area (Å²) in [6.07, 6.45) is 0.792. The van der Waals surface area contributed by atoms with Crippen molar-refractivity contribution in [1.29, 1.82) is 0 Å². The first-order valence-corrected chi connectivity index (χ1v) is 8.82. The Hall–Kier alpha value is -2.30. The number of ether oxygens (including phenoxy) is 1. The van der Waals surface area contributed by atoms with Crippen LogP contribution in [0.1, 0.15) is 15.2 Å². The number of rotatable bonds is 2. The number of hydrogen-bond acceptors (Lipinski definition) is 3. The summed E-state index contributed by atoms with van der Waals surface area (Å²) >= 11 is 7.61. The largest absolute Gasteiger partial charge is 0.493 e. The first kappa shape index (κ1) is 15.2. The summed E-state index contributed by atoms with van der Waals surface area (Å²) in [4.78, 5) is 14.4. The van der Waals surface area contributed by atoms with E-state index in [9.17, 15) is 4.79 Å². The van der Waals surface area contributed by atoms with E-state index in [1.54, 1.807) is 12.1 Å². The van der Waals surface area contributed by atoms with Gasteiger partial charge in [-0.25, -0.2) is 0 Å². The van der Waals surface area contributed by atoms with E-state index >= 15 is 0 Å². The SMILES string of the molecule is O=C(Nc1ccccc1Cl)c1cc2c(s1)-c1ccccc1OCC2. The lowest BCUT2D eigenvalue weighted by Gasteiger charge is -2.06. The van der Waals surface area contributed by atoms with Crippen LogP contribution >= 0.6 is 22.9 Å². The number of hydrogen-bond donors (Lipinski definition) is 1. The van der Waals surface area contributed by atoms with Gasteiger partial charge in [0.1, 0.15) is 5.75 Å². The molecular formula is C19H14ClNO2S. The van der Waals surface area contributed by atoms with Crippen molar-refractivity contribution in [2.24, 2.45) is 0 Å². The maximum atomic E-state index is 12.6. The second-order valence-electron chi connectivity index (χ2n) is 5.49. The number of thiophene rings is 1. The van der Waals surface area contributed by atoms with Gasteiger partial charge in [0.15, 0.2) is 0 Å². The standard InChI is InChI=1S/C19H14ClNO2S/c20-14-6-2-3-7-15(14)21-19(22)17-11-12-9-10-23-16-8-4-1-5-13(16)18(12)24-17/h1-8,11H,9-10H2,(H,21,22). The van der Waals surface area contributed by atoms with E-state index in [2.05, 4.69) is 5.32 Å². The first-order chi connectivity index (χ1) is 11.7. The lowest BCUT2D eigenvalue weighted by Crippen LogP contribution is -2.10.